The first-order valence-corrected chi connectivity index (χ1v) is 11.3. The Balaban J connectivity index is 3.09. The van der Waals surface area contributed by atoms with E-state index >= 15 is 0 Å². The van der Waals surface area contributed by atoms with Gasteiger partial charge in [-0.15, -0.1) is 0 Å². The van der Waals surface area contributed by atoms with Gasteiger partial charge in [-0.05, 0) is 19.3 Å². The van der Waals surface area contributed by atoms with E-state index in [-0.39, 0.29) is 5.97 Å². The first kappa shape index (κ1) is 25.1. The molecular formula is C23H44O3. The Kier molecular flexibility index (Phi) is 19.8. The summed E-state index contributed by atoms with van der Waals surface area (Å²) in [5, 5.41) is 0. The highest BCUT2D eigenvalue weighted by Gasteiger charge is 2.01. The van der Waals surface area contributed by atoms with Crippen LogP contribution in [0.1, 0.15) is 129 Å². The molecule has 0 heterocycles. The van der Waals surface area contributed by atoms with E-state index in [1.54, 1.807) is 0 Å². The van der Waals surface area contributed by atoms with Crippen molar-refractivity contribution in [2.75, 3.05) is 7.11 Å². The fourth-order valence-electron chi connectivity index (χ4n) is 3.31. The van der Waals surface area contributed by atoms with Crippen molar-refractivity contribution in [2.45, 2.75) is 129 Å². The predicted molar refractivity (Wildman–Crippen MR) is 110 cm³/mol. The van der Waals surface area contributed by atoms with Gasteiger partial charge in [0.25, 0.3) is 0 Å². The Hall–Kier alpha value is -0.860. The van der Waals surface area contributed by atoms with Gasteiger partial charge in [0, 0.05) is 19.3 Å². The van der Waals surface area contributed by atoms with Crippen LogP contribution in [0.15, 0.2) is 0 Å². The van der Waals surface area contributed by atoms with Crippen LogP contribution in [0, 0.1) is 0 Å². The number of unbranched alkanes of at least 4 members (excludes halogenated alkanes) is 14. The Morgan fingerprint density at radius 3 is 1.27 bits per heavy atom. The van der Waals surface area contributed by atoms with Gasteiger partial charge in [0.05, 0.1) is 7.11 Å². The molecule has 0 aliphatic heterocycles. The lowest BCUT2D eigenvalue weighted by Gasteiger charge is -2.04. The van der Waals surface area contributed by atoms with Crippen LogP contribution in [-0.2, 0) is 14.3 Å². The molecule has 0 aromatic rings. The van der Waals surface area contributed by atoms with Gasteiger partial charge in [-0.25, -0.2) is 0 Å². The maximum Gasteiger partial charge on any atom is 0.305 e. The van der Waals surface area contributed by atoms with Crippen LogP contribution in [0.3, 0.4) is 0 Å². The third kappa shape index (κ3) is 19.5. The number of Topliss-reactive ketones (excluding diaryl/α,β-unsaturated/α-hetero) is 1. The summed E-state index contributed by atoms with van der Waals surface area (Å²) >= 11 is 0. The van der Waals surface area contributed by atoms with Gasteiger partial charge < -0.3 is 4.74 Å². The molecule has 26 heavy (non-hydrogen) atoms. The standard InChI is InChI=1S/C23H44O3/c1-3-4-19-22(24)20-17-15-13-11-9-7-5-6-8-10-12-14-16-18-21-23(25)26-2/h3-21H2,1-2H3. The van der Waals surface area contributed by atoms with Crippen LogP contribution in [-0.4, -0.2) is 18.9 Å². The van der Waals surface area contributed by atoms with Crippen molar-refractivity contribution in [3.05, 3.63) is 0 Å². The zero-order valence-electron chi connectivity index (χ0n) is 17.7. The molecule has 0 atom stereocenters. The van der Waals surface area contributed by atoms with Crippen LogP contribution >= 0.6 is 0 Å². The lowest BCUT2D eigenvalue weighted by molar-refractivity contribution is -0.140. The molecule has 0 amide bonds. The van der Waals surface area contributed by atoms with Crippen LogP contribution in [0.2, 0.25) is 0 Å². The fraction of sp³-hybridized carbons (Fsp3) is 0.913. The summed E-state index contributed by atoms with van der Waals surface area (Å²) in [5.41, 5.74) is 0. The molecule has 0 unspecified atom stereocenters. The van der Waals surface area contributed by atoms with Gasteiger partial charge in [-0.3, -0.25) is 9.59 Å². The average Bonchev–Trinajstić information content (AvgIpc) is 2.65. The Morgan fingerprint density at radius 1 is 0.538 bits per heavy atom. The molecule has 3 nitrogen and oxygen atoms in total. The third-order valence-electron chi connectivity index (χ3n) is 5.12. The Bertz CT molecular complexity index is 325. The van der Waals surface area contributed by atoms with Crippen molar-refractivity contribution in [1.29, 1.82) is 0 Å². The lowest BCUT2D eigenvalue weighted by atomic mass is 10.0. The van der Waals surface area contributed by atoms with Crippen LogP contribution in [0.5, 0.6) is 0 Å². The third-order valence-corrected chi connectivity index (χ3v) is 5.12. The predicted octanol–water partition coefficient (Wildman–Crippen LogP) is 7.16. The van der Waals surface area contributed by atoms with E-state index in [0.29, 0.717) is 12.2 Å². The van der Waals surface area contributed by atoms with Crippen molar-refractivity contribution >= 4 is 11.8 Å². The number of hydrogen-bond acceptors (Lipinski definition) is 3. The molecule has 0 aliphatic rings. The first-order chi connectivity index (χ1) is 12.7. The molecular weight excluding hydrogens is 324 g/mol. The average molecular weight is 369 g/mol. The van der Waals surface area contributed by atoms with Crippen molar-refractivity contribution in [3.63, 3.8) is 0 Å². The molecule has 0 saturated heterocycles. The molecule has 0 aromatic heterocycles. The number of rotatable bonds is 20. The van der Waals surface area contributed by atoms with E-state index in [4.69, 9.17) is 0 Å². The smallest absolute Gasteiger partial charge is 0.305 e. The van der Waals surface area contributed by atoms with Crippen molar-refractivity contribution in [2.24, 2.45) is 0 Å². The molecule has 0 N–H and O–H groups in total. The normalized spacial score (nSPS) is 10.8. The van der Waals surface area contributed by atoms with Gasteiger partial charge >= 0.3 is 5.97 Å². The fourth-order valence-corrected chi connectivity index (χ4v) is 3.31. The second-order valence-electron chi connectivity index (χ2n) is 7.67. The van der Waals surface area contributed by atoms with E-state index in [1.807, 2.05) is 0 Å². The summed E-state index contributed by atoms with van der Waals surface area (Å²) in [7, 11) is 1.46. The van der Waals surface area contributed by atoms with E-state index < -0.39 is 0 Å². The molecule has 3 heteroatoms. The Morgan fingerprint density at radius 2 is 0.885 bits per heavy atom. The van der Waals surface area contributed by atoms with Crippen LogP contribution < -0.4 is 0 Å². The molecule has 0 spiro atoms. The topological polar surface area (TPSA) is 43.4 Å². The van der Waals surface area contributed by atoms with Crippen LogP contribution in [0.4, 0.5) is 0 Å². The minimum absolute atomic E-state index is 0.0783. The molecule has 0 saturated carbocycles. The van der Waals surface area contributed by atoms with Gasteiger partial charge in [0.1, 0.15) is 5.78 Å². The monoisotopic (exact) mass is 368 g/mol. The van der Waals surface area contributed by atoms with E-state index in [2.05, 4.69) is 11.7 Å². The van der Waals surface area contributed by atoms with Crippen LogP contribution in [0.25, 0.3) is 0 Å². The molecule has 0 rings (SSSR count). The number of carbonyl (C=O) groups is 2. The van der Waals surface area contributed by atoms with E-state index in [1.165, 1.54) is 77.7 Å². The van der Waals surface area contributed by atoms with Crippen molar-refractivity contribution in [3.8, 4) is 0 Å². The largest absolute Gasteiger partial charge is 0.469 e. The van der Waals surface area contributed by atoms with E-state index in [9.17, 15) is 9.59 Å². The number of carbonyl (C=O) groups excluding carboxylic acids is 2. The number of methoxy groups -OCH3 is 1. The second-order valence-corrected chi connectivity index (χ2v) is 7.67. The zero-order chi connectivity index (χ0) is 19.3. The molecule has 154 valence electrons. The second kappa shape index (κ2) is 20.5. The van der Waals surface area contributed by atoms with Gasteiger partial charge in [-0.2, -0.15) is 0 Å². The summed E-state index contributed by atoms with van der Waals surface area (Å²) in [4.78, 5) is 22.5. The molecule has 0 radical (unpaired) electrons. The number of esters is 1. The summed E-state index contributed by atoms with van der Waals surface area (Å²) in [6, 6.07) is 0. The van der Waals surface area contributed by atoms with Gasteiger partial charge in [0.15, 0.2) is 0 Å². The summed E-state index contributed by atoms with van der Waals surface area (Å²) < 4.78 is 4.64. The Labute approximate surface area is 162 Å². The summed E-state index contributed by atoms with van der Waals surface area (Å²) in [5.74, 6) is 0.390. The molecule has 0 fully saturated rings. The van der Waals surface area contributed by atoms with Crippen molar-refractivity contribution < 1.29 is 14.3 Å². The zero-order valence-corrected chi connectivity index (χ0v) is 17.7. The highest BCUT2D eigenvalue weighted by atomic mass is 16.5. The highest BCUT2D eigenvalue weighted by Crippen LogP contribution is 2.14. The lowest BCUT2D eigenvalue weighted by Crippen LogP contribution is -1.99. The quantitative estimate of drug-likeness (QED) is 0.169. The SMILES string of the molecule is CCCCC(=O)CCCCCCCCCCCCCCCCC(=O)OC. The first-order valence-electron chi connectivity index (χ1n) is 11.3. The molecule has 0 aromatic carbocycles. The maximum absolute atomic E-state index is 11.6. The minimum atomic E-state index is -0.0783. The maximum atomic E-state index is 11.6. The van der Waals surface area contributed by atoms with Gasteiger partial charge in [-0.1, -0.05) is 90.4 Å². The molecule has 0 bridgehead atoms. The van der Waals surface area contributed by atoms with Crippen molar-refractivity contribution in [1.82, 2.24) is 0 Å². The van der Waals surface area contributed by atoms with Gasteiger partial charge in [0.2, 0.25) is 0 Å². The number of ketones is 1. The summed E-state index contributed by atoms with van der Waals surface area (Å²) in [6.07, 6.45) is 22.2. The summed E-state index contributed by atoms with van der Waals surface area (Å²) in [6.45, 7) is 2.14. The number of ether oxygens (including phenoxy) is 1. The molecule has 0 aliphatic carbocycles. The minimum Gasteiger partial charge on any atom is -0.469 e. The van der Waals surface area contributed by atoms with E-state index in [0.717, 1.165) is 44.9 Å². The highest BCUT2D eigenvalue weighted by molar-refractivity contribution is 5.78. The number of hydrogen-bond donors (Lipinski definition) is 0.